The number of nitrogens with zero attached hydrogens (tertiary/aromatic N) is 1. The van der Waals surface area contributed by atoms with Crippen LogP contribution in [-0.2, 0) is 16.0 Å². The zero-order valence-corrected chi connectivity index (χ0v) is 14.8. The average Bonchev–Trinajstić information content (AvgIpc) is 2.88. The largest absolute Gasteiger partial charge is 0.356 e. The number of rotatable bonds is 7. The van der Waals surface area contributed by atoms with E-state index < -0.39 is 0 Å². The molecule has 2 rings (SSSR count). The van der Waals surface area contributed by atoms with E-state index in [0.717, 1.165) is 18.4 Å². The highest BCUT2D eigenvalue weighted by molar-refractivity contribution is 6.35. The molecule has 1 aliphatic rings. The molecular formula is C17H22Cl2N2O2. The minimum atomic E-state index is -0.236. The zero-order valence-electron chi connectivity index (χ0n) is 13.3. The van der Waals surface area contributed by atoms with E-state index in [2.05, 4.69) is 12.2 Å². The van der Waals surface area contributed by atoms with Crippen molar-refractivity contribution in [3.05, 3.63) is 33.8 Å². The monoisotopic (exact) mass is 356 g/mol. The lowest BCUT2D eigenvalue weighted by Crippen LogP contribution is -2.34. The van der Waals surface area contributed by atoms with Crippen LogP contribution in [-0.4, -0.2) is 36.3 Å². The molecule has 1 aliphatic heterocycles. The van der Waals surface area contributed by atoms with E-state index in [9.17, 15) is 9.59 Å². The van der Waals surface area contributed by atoms with E-state index in [1.54, 1.807) is 17.0 Å². The fraction of sp³-hybridized carbons (Fsp3) is 0.529. The summed E-state index contributed by atoms with van der Waals surface area (Å²) in [6.07, 6.45) is 2.96. The number of unbranched alkanes of at least 4 members (excludes halogenated alkanes) is 1. The van der Waals surface area contributed by atoms with Crippen LogP contribution in [0.4, 0.5) is 0 Å². The highest BCUT2D eigenvalue weighted by atomic mass is 35.5. The summed E-state index contributed by atoms with van der Waals surface area (Å²) in [5.74, 6) is -0.218. The van der Waals surface area contributed by atoms with E-state index in [1.807, 2.05) is 6.07 Å². The molecule has 1 aromatic rings. The van der Waals surface area contributed by atoms with E-state index in [0.29, 0.717) is 42.5 Å². The molecule has 1 aromatic carbocycles. The number of halogens is 2. The highest BCUT2D eigenvalue weighted by Crippen LogP contribution is 2.23. The maximum absolute atomic E-state index is 12.1. The third-order valence-electron chi connectivity index (χ3n) is 4.08. The fourth-order valence-electron chi connectivity index (χ4n) is 2.68. The molecule has 4 nitrogen and oxygen atoms in total. The molecule has 0 bridgehead atoms. The summed E-state index contributed by atoms with van der Waals surface area (Å²) in [5, 5.41) is 4.11. The maximum Gasteiger partial charge on any atom is 0.225 e. The molecule has 1 N–H and O–H groups in total. The van der Waals surface area contributed by atoms with Gasteiger partial charge in [-0.25, -0.2) is 0 Å². The molecule has 0 aromatic heterocycles. The van der Waals surface area contributed by atoms with Crippen LogP contribution in [0.2, 0.25) is 10.0 Å². The first-order chi connectivity index (χ1) is 11.0. The lowest BCUT2D eigenvalue weighted by Gasteiger charge is -2.17. The van der Waals surface area contributed by atoms with E-state index in [1.165, 1.54) is 0 Å². The third-order valence-corrected chi connectivity index (χ3v) is 4.67. The Morgan fingerprint density at radius 1 is 1.39 bits per heavy atom. The van der Waals surface area contributed by atoms with Crippen LogP contribution in [0.5, 0.6) is 0 Å². The van der Waals surface area contributed by atoms with Crippen LogP contribution in [0.15, 0.2) is 18.2 Å². The number of carbonyl (C=O) groups is 2. The molecule has 1 unspecified atom stereocenters. The number of hydrogen-bond donors (Lipinski definition) is 1. The first-order valence-electron chi connectivity index (χ1n) is 8.00. The Morgan fingerprint density at radius 2 is 2.17 bits per heavy atom. The lowest BCUT2D eigenvalue weighted by atomic mass is 10.1. The van der Waals surface area contributed by atoms with Gasteiger partial charge in [-0.1, -0.05) is 42.6 Å². The van der Waals surface area contributed by atoms with Gasteiger partial charge >= 0.3 is 0 Å². The first-order valence-corrected chi connectivity index (χ1v) is 8.76. The zero-order chi connectivity index (χ0) is 16.8. The molecule has 1 heterocycles. The number of carbonyl (C=O) groups excluding carboxylic acids is 2. The third kappa shape index (κ3) is 5.11. The van der Waals surface area contributed by atoms with Crippen LogP contribution in [0, 0.1) is 5.92 Å². The van der Waals surface area contributed by atoms with E-state index in [-0.39, 0.29) is 17.7 Å². The van der Waals surface area contributed by atoms with Gasteiger partial charge in [-0.15, -0.1) is 0 Å². The van der Waals surface area contributed by atoms with Gasteiger partial charge in [0.15, 0.2) is 0 Å². The lowest BCUT2D eigenvalue weighted by molar-refractivity contribution is -0.129. The molecule has 6 heteroatoms. The van der Waals surface area contributed by atoms with Gasteiger partial charge in [0.05, 0.1) is 5.92 Å². The Kier molecular flexibility index (Phi) is 6.72. The number of hydrogen-bond acceptors (Lipinski definition) is 2. The van der Waals surface area contributed by atoms with Crippen molar-refractivity contribution in [2.24, 2.45) is 5.92 Å². The van der Waals surface area contributed by atoms with Crippen molar-refractivity contribution in [3.63, 3.8) is 0 Å². The second-order valence-corrected chi connectivity index (χ2v) is 6.71. The van der Waals surface area contributed by atoms with Crippen molar-refractivity contribution in [2.75, 3.05) is 19.6 Å². The van der Waals surface area contributed by atoms with Gasteiger partial charge in [0.25, 0.3) is 0 Å². The minimum absolute atomic E-state index is 0.0150. The van der Waals surface area contributed by atoms with Crippen LogP contribution in [0.3, 0.4) is 0 Å². The van der Waals surface area contributed by atoms with Crippen molar-refractivity contribution in [2.45, 2.75) is 32.6 Å². The molecular weight excluding hydrogens is 335 g/mol. The average molecular weight is 357 g/mol. The van der Waals surface area contributed by atoms with Gasteiger partial charge in [-0.2, -0.15) is 0 Å². The van der Waals surface area contributed by atoms with E-state index in [4.69, 9.17) is 23.2 Å². The molecule has 0 spiro atoms. The molecule has 126 valence electrons. The Bertz CT molecular complexity index is 578. The van der Waals surface area contributed by atoms with Gasteiger partial charge in [0, 0.05) is 36.1 Å². The van der Waals surface area contributed by atoms with Crippen LogP contribution in [0.1, 0.15) is 31.7 Å². The Labute approximate surface area is 147 Å². The summed E-state index contributed by atoms with van der Waals surface area (Å²) < 4.78 is 0. The summed E-state index contributed by atoms with van der Waals surface area (Å²) in [7, 11) is 0. The number of amides is 2. The maximum atomic E-state index is 12.1. The quantitative estimate of drug-likeness (QED) is 0.762. The fourth-order valence-corrected chi connectivity index (χ4v) is 3.18. The Morgan fingerprint density at radius 3 is 2.87 bits per heavy atom. The topological polar surface area (TPSA) is 49.4 Å². The van der Waals surface area contributed by atoms with Crippen molar-refractivity contribution < 1.29 is 9.59 Å². The van der Waals surface area contributed by atoms with Crippen molar-refractivity contribution in [3.8, 4) is 0 Å². The van der Waals surface area contributed by atoms with Gasteiger partial charge < -0.3 is 10.2 Å². The van der Waals surface area contributed by atoms with E-state index >= 15 is 0 Å². The van der Waals surface area contributed by atoms with Gasteiger partial charge in [0.2, 0.25) is 11.8 Å². The molecule has 0 aliphatic carbocycles. The van der Waals surface area contributed by atoms with Crippen molar-refractivity contribution >= 4 is 35.0 Å². The normalized spacial score (nSPS) is 17.6. The molecule has 1 fully saturated rings. The van der Waals surface area contributed by atoms with Crippen molar-refractivity contribution in [1.82, 2.24) is 10.2 Å². The standard InChI is InChI=1S/C17H22Cl2N2O2/c1-2-3-7-20-17(23)13-9-16(22)21(11-13)8-6-12-4-5-14(18)10-15(12)19/h4-5,10,13H,2-3,6-9,11H2,1H3,(H,20,23). The summed E-state index contributed by atoms with van der Waals surface area (Å²) in [6.45, 7) is 3.82. The second-order valence-electron chi connectivity index (χ2n) is 5.87. The molecule has 1 saturated heterocycles. The van der Waals surface area contributed by atoms with Crippen molar-refractivity contribution in [1.29, 1.82) is 0 Å². The minimum Gasteiger partial charge on any atom is -0.356 e. The summed E-state index contributed by atoms with van der Waals surface area (Å²) in [4.78, 5) is 25.9. The smallest absolute Gasteiger partial charge is 0.225 e. The van der Waals surface area contributed by atoms with Gasteiger partial charge in [-0.05, 0) is 30.5 Å². The predicted molar refractivity (Wildman–Crippen MR) is 92.8 cm³/mol. The first kappa shape index (κ1) is 18.1. The molecule has 0 radical (unpaired) electrons. The second kappa shape index (κ2) is 8.55. The predicted octanol–water partition coefficient (Wildman–Crippen LogP) is 3.30. The number of likely N-dealkylation sites (tertiary alicyclic amines) is 1. The summed E-state index contributed by atoms with van der Waals surface area (Å²) in [5.41, 5.74) is 0.958. The Hall–Kier alpha value is -1.26. The number of benzene rings is 1. The molecule has 2 amide bonds. The van der Waals surface area contributed by atoms with Crippen LogP contribution >= 0.6 is 23.2 Å². The molecule has 0 saturated carbocycles. The highest BCUT2D eigenvalue weighted by Gasteiger charge is 2.33. The van der Waals surface area contributed by atoms with Crippen LogP contribution < -0.4 is 5.32 Å². The van der Waals surface area contributed by atoms with Gasteiger partial charge in [-0.3, -0.25) is 9.59 Å². The van der Waals surface area contributed by atoms with Gasteiger partial charge in [0.1, 0.15) is 0 Å². The molecule has 23 heavy (non-hydrogen) atoms. The van der Waals surface area contributed by atoms with Crippen LogP contribution in [0.25, 0.3) is 0 Å². The summed E-state index contributed by atoms with van der Waals surface area (Å²) >= 11 is 12.0. The number of nitrogens with one attached hydrogen (secondary N) is 1. The summed E-state index contributed by atoms with van der Waals surface area (Å²) in [6, 6.07) is 5.37. The Balaban J connectivity index is 1.84. The molecule has 1 atom stereocenters. The SMILES string of the molecule is CCCCNC(=O)C1CC(=O)N(CCc2ccc(Cl)cc2Cl)C1.